The summed E-state index contributed by atoms with van der Waals surface area (Å²) in [6.45, 7) is 2.13. The normalized spacial score (nSPS) is 18.3. The molecule has 16 heavy (non-hydrogen) atoms. The first kappa shape index (κ1) is 11.4. The number of aromatic nitrogens is 2. The van der Waals surface area contributed by atoms with Gasteiger partial charge in [0.25, 0.3) is 0 Å². The Morgan fingerprint density at radius 1 is 1.50 bits per heavy atom. The van der Waals surface area contributed by atoms with Gasteiger partial charge in [-0.3, -0.25) is 4.68 Å². The second kappa shape index (κ2) is 4.83. The molecule has 88 valence electrons. The Morgan fingerprint density at radius 2 is 2.31 bits per heavy atom. The van der Waals surface area contributed by atoms with Crippen LogP contribution in [0, 0.1) is 0 Å². The zero-order valence-corrected chi connectivity index (χ0v) is 10.2. The first-order chi connectivity index (χ1) is 7.72. The molecule has 1 aliphatic carbocycles. The summed E-state index contributed by atoms with van der Waals surface area (Å²) < 4.78 is 1.87. The molecule has 0 aliphatic heterocycles. The van der Waals surface area contributed by atoms with Crippen molar-refractivity contribution >= 4 is 0 Å². The first-order valence-electron chi connectivity index (χ1n) is 6.19. The van der Waals surface area contributed by atoms with Crippen LogP contribution in [0.5, 0.6) is 0 Å². The number of allylic oxidation sites excluding steroid dienone is 1. The molecule has 2 N–H and O–H groups in total. The summed E-state index contributed by atoms with van der Waals surface area (Å²) in [6, 6.07) is 0.0592. The fraction of sp³-hybridized carbons (Fsp3) is 0.615. The van der Waals surface area contributed by atoms with Gasteiger partial charge in [0.05, 0.1) is 11.7 Å². The molecule has 3 nitrogen and oxygen atoms in total. The molecular formula is C13H21N3. The summed E-state index contributed by atoms with van der Waals surface area (Å²) in [5.41, 5.74) is 10.1. The minimum atomic E-state index is 0.0592. The molecular weight excluding hydrogens is 198 g/mol. The summed E-state index contributed by atoms with van der Waals surface area (Å²) in [7, 11) is 1.96. The molecule has 1 aliphatic rings. The van der Waals surface area contributed by atoms with Gasteiger partial charge in [0.2, 0.25) is 0 Å². The standard InChI is InChI=1S/C13H21N3/c1-3-12-11(9-16(2)15-12)13(14)10-7-5-4-6-8-10/h7,9,13H,3-6,8,14H2,1-2H3. The molecule has 0 saturated heterocycles. The van der Waals surface area contributed by atoms with Crippen molar-refractivity contribution < 1.29 is 0 Å². The van der Waals surface area contributed by atoms with E-state index in [0.717, 1.165) is 18.5 Å². The van der Waals surface area contributed by atoms with Crippen LogP contribution in [-0.4, -0.2) is 9.78 Å². The maximum absolute atomic E-state index is 6.34. The van der Waals surface area contributed by atoms with Crippen molar-refractivity contribution in [1.82, 2.24) is 9.78 Å². The molecule has 0 fully saturated rings. The number of nitrogens with two attached hydrogens (primary N) is 1. The summed E-state index contributed by atoms with van der Waals surface area (Å²) in [6.07, 6.45) is 10.3. The van der Waals surface area contributed by atoms with Gasteiger partial charge in [-0.05, 0) is 32.1 Å². The van der Waals surface area contributed by atoms with Gasteiger partial charge in [0, 0.05) is 18.8 Å². The third kappa shape index (κ3) is 2.19. The van der Waals surface area contributed by atoms with Crippen LogP contribution < -0.4 is 5.73 Å². The van der Waals surface area contributed by atoms with E-state index < -0.39 is 0 Å². The molecule has 1 unspecified atom stereocenters. The molecule has 1 heterocycles. The van der Waals surface area contributed by atoms with Gasteiger partial charge in [-0.15, -0.1) is 0 Å². The predicted octanol–water partition coefficient (Wildman–Crippen LogP) is 2.48. The highest BCUT2D eigenvalue weighted by atomic mass is 15.3. The molecule has 1 aromatic rings. The average Bonchev–Trinajstić information content (AvgIpc) is 2.70. The van der Waals surface area contributed by atoms with E-state index in [2.05, 4.69) is 24.3 Å². The van der Waals surface area contributed by atoms with E-state index in [4.69, 9.17) is 5.73 Å². The summed E-state index contributed by atoms with van der Waals surface area (Å²) in [4.78, 5) is 0. The Labute approximate surface area is 97.3 Å². The lowest BCUT2D eigenvalue weighted by Gasteiger charge is -2.19. The monoisotopic (exact) mass is 219 g/mol. The maximum Gasteiger partial charge on any atom is 0.0672 e. The minimum Gasteiger partial charge on any atom is -0.320 e. The quantitative estimate of drug-likeness (QED) is 0.794. The van der Waals surface area contributed by atoms with Crippen molar-refractivity contribution in [3.63, 3.8) is 0 Å². The number of hydrogen-bond donors (Lipinski definition) is 1. The van der Waals surface area contributed by atoms with Gasteiger partial charge >= 0.3 is 0 Å². The van der Waals surface area contributed by atoms with Crippen molar-refractivity contribution in [2.45, 2.75) is 45.1 Å². The summed E-state index contributed by atoms with van der Waals surface area (Å²) >= 11 is 0. The van der Waals surface area contributed by atoms with E-state index in [-0.39, 0.29) is 6.04 Å². The lowest BCUT2D eigenvalue weighted by Crippen LogP contribution is -2.15. The van der Waals surface area contributed by atoms with E-state index in [9.17, 15) is 0 Å². The van der Waals surface area contributed by atoms with E-state index in [1.54, 1.807) is 0 Å². The lowest BCUT2D eigenvalue weighted by molar-refractivity contribution is 0.646. The largest absolute Gasteiger partial charge is 0.320 e. The van der Waals surface area contributed by atoms with Gasteiger partial charge in [0.15, 0.2) is 0 Å². The maximum atomic E-state index is 6.34. The number of aryl methyl sites for hydroxylation is 2. The molecule has 0 bridgehead atoms. The van der Waals surface area contributed by atoms with Crippen LogP contribution in [0.3, 0.4) is 0 Å². The molecule has 0 aromatic carbocycles. The van der Waals surface area contributed by atoms with Crippen LogP contribution >= 0.6 is 0 Å². The fourth-order valence-corrected chi connectivity index (χ4v) is 2.43. The molecule has 0 spiro atoms. The van der Waals surface area contributed by atoms with Crippen LogP contribution in [0.4, 0.5) is 0 Å². The average molecular weight is 219 g/mol. The minimum absolute atomic E-state index is 0.0592. The predicted molar refractivity (Wildman–Crippen MR) is 66.1 cm³/mol. The van der Waals surface area contributed by atoms with Crippen molar-refractivity contribution in [3.8, 4) is 0 Å². The second-order valence-corrected chi connectivity index (χ2v) is 4.56. The van der Waals surface area contributed by atoms with Gasteiger partial charge in [-0.25, -0.2) is 0 Å². The van der Waals surface area contributed by atoms with Crippen molar-refractivity contribution in [2.24, 2.45) is 12.8 Å². The number of nitrogens with zero attached hydrogens (tertiary/aromatic N) is 2. The van der Waals surface area contributed by atoms with Crippen LogP contribution in [-0.2, 0) is 13.5 Å². The fourth-order valence-electron chi connectivity index (χ4n) is 2.43. The highest BCUT2D eigenvalue weighted by Gasteiger charge is 2.18. The van der Waals surface area contributed by atoms with Crippen molar-refractivity contribution in [2.75, 3.05) is 0 Å². The van der Waals surface area contributed by atoms with Gasteiger partial charge in [-0.2, -0.15) is 5.10 Å². The highest BCUT2D eigenvalue weighted by Crippen LogP contribution is 2.29. The molecule has 0 radical (unpaired) electrons. The zero-order chi connectivity index (χ0) is 11.5. The van der Waals surface area contributed by atoms with E-state index in [1.807, 2.05) is 11.7 Å². The molecule has 0 amide bonds. The van der Waals surface area contributed by atoms with Crippen LogP contribution in [0.2, 0.25) is 0 Å². The van der Waals surface area contributed by atoms with Crippen molar-refractivity contribution in [3.05, 3.63) is 29.1 Å². The third-order valence-electron chi connectivity index (χ3n) is 3.33. The van der Waals surface area contributed by atoms with Crippen LogP contribution in [0.15, 0.2) is 17.8 Å². The zero-order valence-electron chi connectivity index (χ0n) is 10.2. The number of hydrogen-bond acceptors (Lipinski definition) is 2. The Morgan fingerprint density at radius 3 is 2.94 bits per heavy atom. The Kier molecular flexibility index (Phi) is 3.44. The molecule has 3 heteroatoms. The van der Waals surface area contributed by atoms with E-state index in [1.165, 1.54) is 30.4 Å². The Bertz CT molecular complexity index is 390. The summed E-state index contributed by atoms with van der Waals surface area (Å²) in [5.74, 6) is 0. The summed E-state index contributed by atoms with van der Waals surface area (Å²) in [5, 5.41) is 4.45. The lowest BCUT2D eigenvalue weighted by atomic mass is 9.90. The molecule has 0 saturated carbocycles. The van der Waals surface area contributed by atoms with Gasteiger partial charge in [-0.1, -0.05) is 18.6 Å². The van der Waals surface area contributed by atoms with Gasteiger partial charge in [0.1, 0.15) is 0 Å². The van der Waals surface area contributed by atoms with Crippen LogP contribution in [0.1, 0.15) is 49.9 Å². The van der Waals surface area contributed by atoms with E-state index in [0.29, 0.717) is 0 Å². The second-order valence-electron chi connectivity index (χ2n) is 4.56. The van der Waals surface area contributed by atoms with Crippen LogP contribution in [0.25, 0.3) is 0 Å². The smallest absolute Gasteiger partial charge is 0.0672 e. The number of rotatable bonds is 3. The molecule has 1 atom stereocenters. The Hall–Kier alpha value is -1.09. The highest BCUT2D eigenvalue weighted by molar-refractivity contribution is 5.30. The third-order valence-corrected chi connectivity index (χ3v) is 3.33. The Balaban J connectivity index is 2.25. The topological polar surface area (TPSA) is 43.8 Å². The van der Waals surface area contributed by atoms with E-state index >= 15 is 0 Å². The molecule has 1 aromatic heterocycles. The van der Waals surface area contributed by atoms with Crippen molar-refractivity contribution in [1.29, 1.82) is 0 Å². The SMILES string of the molecule is CCc1nn(C)cc1C(N)C1=CCCCC1. The first-order valence-corrected chi connectivity index (χ1v) is 6.19. The molecule has 2 rings (SSSR count). The van der Waals surface area contributed by atoms with Gasteiger partial charge < -0.3 is 5.73 Å².